The molecule has 1 aliphatic carbocycles. The predicted molar refractivity (Wildman–Crippen MR) is 118 cm³/mol. The molecule has 0 amide bonds. The summed E-state index contributed by atoms with van der Waals surface area (Å²) < 4.78 is 11.5. The summed E-state index contributed by atoms with van der Waals surface area (Å²) in [6, 6.07) is 6.02. The lowest BCUT2D eigenvalue weighted by atomic mass is 9.89. The Kier molecular flexibility index (Phi) is 5.04. The number of H-pyrrole nitrogens is 1. The van der Waals surface area contributed by atoms with E-state index in [2.05, 4.69) is 18.8 Å². The maximum Gasteiger partial charge on any atom is 0.259 e. The number of thiophene rings is 1. The summed E-state index contributed by atoms with van der Waals surface area (Å²) >= 11 is 3.36. The van der Waals surface area contributed by atoms with E-state index in [1.807, 2.05) is 18.2 Å². The first-order chi connectivity index (χ1) is 14.1. The second-order valence-corrected chi connectivity index (χ2v) is 10.4. The van der Waals surface area contributed by atoms with Crippen molar-refractivity contribution in [3.05, 3.63) is 44.8 Å². The van der Waals surface area contributed by atoms with E-state index < -0.39 is 0 Å². The van der Waals surface area contributed by atoms with Gasteiger partial charge >= 0.3 is 0 Å². The van der Waals surface area contributed by atoms with E-state index in [9.17, 15) is 4.79 Å². The zero-order valence-electron chi connectivity index (χ0n) is 16.6. The van der Waals surface area contributed by atoms with Crippen LogP contribution in [0, 0.1) is 5.92 Å². The van der Waals surface area contributed by atoms with Crippen molar-refractivity contribution < 1.29 is 9.47 Å². The first kappa shape index (κ1) is 19.0. The van der Waals surface area contributed by atoms with Crippen LogP contribution >= 0.6 is 23.1 Å². The number of nitrogens with zero attached hydrogens (tertiary/aromatic N) is 1. The molecule has 3 aromatic rings. The normalized spacial score (nSPS) is 19.6. The van der Waals surface area contributed by atoms with Crippen LogP contribution in [0.5, 0.6) is 11.5 Å². The first-order valence-electron chi connectivity index (χ1n) is 10.2. The van der Waals surface area contributed by atoms with E-state index in [0.29, 0.717) is 19.1 Å². The number of aromatic amines is 1. The van der Waals surface area contributed by atoms with Crippen LogP contribution in [-0.4, -0.2) is 23.2 Å². The molecule has 0 saturated carbocycles. The van der Waals surface area contributed by atoms with Crippen LogP contribution in [0.4, 0.5) is 0 Å². The maximum atomic E-state index is 12.9. The fraction of sp³-hybridized carbons (Fsp3) is 0.455. The summed E-state index contributed by atoms with van der Waals surface area (Å²) in [5, 5.41) is 0.836. The third-order valence-electron chi connectivity index (χ3n) is 5.60. The van der Waals surface area contributed by atoms with Crippen molar-refractivity contribution in [2.45, 2.75) is 49.7 Å². The van der Waals surface area contributed by atoms with Gasteiger partial charge in [0, 0.05) is 16.2 Å². The molecule has 5 rings (SSSR count). The number of hydrogen-bond acceptors (Lipinski definition) is 6. The highest BCUT2D eigenvalue weighted by molar-refractivity contribution is 7.99. The zero-order valence-corrected chi connectivity index (χ0v) is 18.3. The Bertz CT molecular complexity index is 1120. The van der Waals surface area contributed by atoms with Crippen molar-refractivity contribution in [2.24, 2.45) is 5.92 Å². The predicted octanol–water partition coefficient (Wildman–Crippen LogP) is 5.12. The fourth-order valence-corrected chi connectivity index (χ4v) is 6.38. The van der Waals surface area contributed by atoms with E-state index in [4.69, 9.17) is 14.5 Å². The Balaban J connectivity index is 1.43. The smallest absolute Gasteiger partial charge is 0.259 e. The largest absolute Gasteiger partial charge is 0.490 e. The molecular formula is C22H24N2O3S2. The minimum Gasteiger partial charge on any atom is -0.490 e. The van der Waals surface area contributed by atoms with E-state index in [-0.39, 0.29) is 10.8 Å². The lowest BCUT2D eigenvalue weighted by Gasteiger charge is -2.17. The highest BCUT2D eigenvalue weighted by Gasteiger charge is 2.24. The van der Waals surface area contributed by atoms with Gasteiger partial charge in [-0.05, 0) is 55.9 Å². The number of aryl methyl sites for hydroxylation is 1. The van der Waals surface area contributed by atoms with Crippen LogP contribution in [0.25, 0.3) is 10.2 Å². The van der Waals surface area contributed by atoms with Gasteiger partial charge in [-0.15, -0.1) is 23.1 Å². The van der Waals surface area contributed by atoms with Crippen LogP contribution in [0.15, 0.2) is 27.9 Å². The molecule has 0 fully saturated rings. The van der Waals surface area contributed by atoms with E-state index in [1.165, 1.54) is 10.4 Å². The third-order valence-corrected chi connectivity index (χ3v) is 7.85. The molecule has 1 aliphatic heterocycles. The second kappa shape index (κ2) is 7.69. The Morgan fingerprint density at radius 3 is 2.97 bits per heavy atom. The van der Waals surface area contributed by atoms with Gasteiger partial charge in [0.2, 0.25) is 0 Å². The third kappa shape index (κ3) is 3.66. The van der Waals surface area contributed by atoms with Gasteiger partial charge in [0.1, 0.15) is 10.7 Å². The molecule has 2 unspecified atom stereocenters. The van der Waals surface area contributed by atoms with Crippen molar-refractivity contribution in [1.29, 1.82) is 0 Å². The number of fused-ring (bicyclic) bond motifs is 4. The molecule has 2 aliphatic rings. The van der Waals surface area contributed by atoms with Gasteiger partial charge in [-0.25, -0.2) is 4.98 Å². The quantitative estimate of drug-likeness (QED) is 0.586. The molecule has 0 spiro atoms. The maximum absolute atomic E-state index is 12.9. The van der Waals surface area contributed by atoms with Crippen molar-refractivity contribution in [2.75, 3.05) is 13.2 Å². The van der Waals surface area contributed by atoms with Crippen molar-refractivity contribution in [3.63, 3.8) is 0 Å². The molecule has 7 heteroatoms. The molecule has 0 saturated heterocycles. The van der Waals surface area contributed by atoms with Gasteiger partial charge in [-0.1, -0.05) is 6.92 Å². The van der Waals surface area contributed by atoms with Gasteiger partial charge in [0.05, 0.1) is 23.8 Å². The standard InChI is InChI=1S/C22H24N2O3S2/c1-12-4-6-15-18(10-12)29-22-19(15)21(25)23-20(24-22)13(2)28-14-5-7-16-17(11-14)27-9-3-8-26-16/h5,7,11-13H,3-4,6,8-10H2,1-2H3,(H,23,24,25). The second-order valence-electron chi connectivity index (χ2n) is 7.90. The van der Waals surface area contributed by atoms with E-state index in [0.717, 1.165) is 58.1 Å². The summed E-state index contributed by atoms with van der Waals surface area (Å²) in [6.45, 7) is 5.71. The minimum atomic E-state index is 0.00293. The number of nitrogens with one attached hydrogen (secondary N) is 1. The van der Waals surface area contributed by atoms with E-state index in [1.54, 1.807) is 23.1 Å². The SMILES string of the molecule is CC1CCc2c(sc3nc(C(C)Sc4ccc5c(c4)OCCCO5)[nH]c(=O)c23)C1. The number of rotatable bonds is 3. The molecule has 0 bridgehead atoms. The molecule has 5 nitrogen and oxygen atoms in total. The number of aromatic nitrogens is 2. The highest BCUT2D eigenvalue weighted by atomic mass is 32.2. The Morgan fingerprint density at radius 2 is 2.10 bits per heavy atom. The van der Waals surface area contributed by atoms with Crippen LogP contribution in [0.2, 0.25) is 0 Å². The lowest BCUT2D eigenvalue weighted by molar-refractivity contribution is 0.297. The minimum absolute atomic E-state index is 0.00293. The van der Waals surface area contributed by atoms with Gasteiger partial charge in [-0.3, -0.25) is 4.79 Å². The summed E-state index contributed by atoms with van der Waals surface area (Å²) in [5.41, 5.74) is 1.23. The van der Waals surface area contributed by atoms with Gasteiger partial charge < -0.3 is 14.5 Å². The molecule has 152 valence electrons. The fourth-order valence-electron chi connectivity index (χ4n) is 4.03. The van der Waals surface area contributed by atoms with Crippen LogP contribution in [-0.2, 0) is 12.8 Å². The van der Waals surface area contributed by atoms with E-state index >= 15 is 0 Å². The van der Waals surface area contributed by atoms with Gasteiger partial charge in [0.15, 0.2) is 11.5 Å². The highest BCUT2D eigenvalue weighted by Crippen LogP contribution is 2.40. The molecule has 3 heterocycles. The lowest BCUT2D eigenvalue weighted by Crippen LogP contribution is -2.15. The number of hydrogen-bond donors (Lipinski definition) is 1. The summed E-state index contributed by atoms with van der Waals surface area (Å²) in [6.07, 6.45) is 4.09. The molecule has 1 N–H and O–H groups in total. The van der Waals surface area contributed by atoms with Crippen molar-refractivity contribution >= 4 is 33.3 Å². The Morgan fingerprint density at radius 1 is 1.28 bits per heavy atom. The van der Waals surface area contributed by atoms with Crippen molar-refractivity contribution in [3.8, 4) is 11.5 Å². The summed E-state index contributed by atoms with van der Waals surface area (Å²) in [4.78, 5) is 24.1. The topological polar surface area (TPSA) is 64.2 Å². The zero-order chi connectivity index (χ0) is 20.0. The Hall–Kier alpha value is -1.99. The Labute approximate surface area is 177 Å². The van der Waals surface area contributed by atoms with Crippen LogP contribution in [0.3, 0.4) is 0 Å². The molecule has 0 radical (unpaired) electrons. The molecule has 2 atom stereocenters. The molecular weight excluding hydrogens is 404 g/mol. The molecule has 29 heavy (non-hydrogen) atoms. The average Bonchev–Trinajstić information content (AvgIpc) is 2.90. The molecule has 1 aromatic carbocycles. The monoisotopic (exact) mass is 428 g/mol. The van der Waals surface area contributed by atoms with Gasteiger partial charge in [-0.2, -0.15) is 0 Å². The van der Waals surface area contributed by atoms with Crippen LogP contribution < -0.4 is 15.0 Å². The number of thioether (sulfide) groups is 1. The molecule has 2 aromatic heterocycles. The summed E-state index contributed by atoms with van der Waals surface area (Å²) in [5.74, 6) is 3.00. The van der Waals surface area contributed by atoms with Gasteiger partial charge in [0.25, 0.3) is 5.56 Å². The average molecular weight is 429 g/mol. The number of benzene rings is 1. The number of ether oxygens (including phenoxy) is 2. The van der Waals surface area contributed by atoms with Crippen molar-refractivity contribution in [1.82, 2.24) is 9.97 Å². The first-order valence-corrected chi connectivity index (χ1v) is 11.9. The van der Waals surface area contributed by atoms with Crippen LogP contribution in [0.1, 0.15) is 48.2 Å². The summed E-state index contributed by atoms with van der Waals surface area (Å²) in [7, 11) is 0.